The van der Waals surface area contributed by atoms with E-state index in [4.69, 9.17) is 5.10 Å². The van der Waals surface area contributed by atoms with E-state index >= 15 is 0 Å². The van der Waals surface area contributed by atoms with Gasteiger partial charge in [-0.3, -0.25) is 9.69 Å². The van der Waals surface area contributed by atoms with Gasteiger partial charge in [-0.15, -0.1) is 0 Å². The molecule has 1 aromatic heterocycles. The Balaban J connectivity index is 1.62. The number of aliphatic carboxylic acids is 1. The topological polar surface area (TPSA) is 58.4 Å². The largest absolute Gasteiger partial charge is 0.481 e. The fraction of sp³-hybridized carbons (Fsp3) is 0.545. The molecular formula is C22H29N3O2. The molecule has 0 radical (unpaired) electrons. The number of fused-ring (bicyclic) bond motifs is 1. The molecule has 27 heavy (non-hydrogen) atoms. The normalized spacial score (nSPS) is 25.7. The molecule has 2 heterocycles. The monoisotopic (exact) mass is 367 g/mol. The van der Waals surface area contributed by atoms with E-state index in [1.54, 1.807) is 0 Å². The van der Waals surface area contributed by atoms with Gasteiger partial charge in [0.1, 0.15) is 0 Å². The lowest BCUT2D eigenvalue weighted by atomic mass is 9.81. The van der Waals surface area contributed by atoms with E-state index in [9.17, 15) is 9.90 Å². The van der Waals surface area contributed by atoms with E-state index in [0.29, 0.717) is 6.54 Å². The Labute approximate surface area is 161 Å². The zero-order chi connectivity index (χ0) is 19.2. The van der Waals surface area contributed by atoms with Crippen LogP contribution in [0.25, 0.3) is 5.69 Å². The Morgan fingerprint density at radius 2 is 2.04 bits per heavy atom. The molecule has 0 amide bonds. The number of likely N-dealkylation sites (tertiary alicyclic amines) is 1. The number of carboxylic acids is 1. The third-order valence-corrected chi connectivity index (χ3v) is 6.28. The standard InChI is InChI=1S/C22H29N3O2/c1-21(2,3)19-16(13-25(23-19)18-9-5-4-6-10-18)12-24-14-17-8-7-11-22(17,15-24)20(26)27/h4-6,9-10,13,17H,7-8,11-12,14-15H2,1-3H3,(H,26,27)/t17-,22+/m0/s1. The Morgan fingerprint density at radius 1 is 1.30 bits per heavy atom. The summed E-state index contributed by atoms with van der Waals surface area (Å²) in [5.41, 5.74) is 2.75. The highest BCUT2D eigenvalue weighted by Crippen LogP contribution is 2.49. The minimum atomic E-state index is -0.608. The molecule has 5 nitrogen and oxygen atoms in total. The number of hydrogen-bond acceptors (Lipinski definition) is 3. The first-order valence-electron chi connectivity index (χ1n) is 9.90. The first-order chi connectivity index (χ1) is 12.8. The van der Waals surface area contributed by atoms with Gasteiger partial charge in [0.25, 0.3) is 0 Å². The molecule has 144 valence electrons. The quantitative estimate of drug-likeness (QED) is 0.892. The molecule has 5 heteroatoms. The fourth-order valence-electron chi connectivity index (χ4n) is 4.97. The Bertz CT molecular complexity index is 837. The lowest BCUT2D eigenvalue weighted by molar-refractivity contribution is -0.149. The molecule has 1 aliphatic carbocycles. The minimum Gasteiger partial charge on any atom is -0.481 e. The molecule has 2 atom stereocenters. The molecule has 4 rings (SSSR count). The van der Waals surface area contributed by atoms with Crippen LogP contribution in [-0.2, 0) is 16.8 Å². The number of carboxylic acid groups (broad SMARTS) is 1. The summed E-state index contributed by atoms with van der Waals surface area (Å²) in [5, 5.41) is 14.7. The van der Waals surface area contributed by atoms with Crippen LogP contribution in [0.5, 0.6) is 0 Å². The SMILES string of the molecule is CC(C)(C)c1nn(-c2ccccc2)cc1CN1C[C@@H]2CCC[C@@]2(C(=O)O)C1. The van der Waals surface area contributed by atoms with Gasteiger partial charge in [0.05, 0.1) is 16.8 Å². The van der Waals surface area contributed by atoms with Crippen LogP contribution in [-0.4, -0.2) is 38.8 Å². The van der Waals surface area contributed by atoms with Crippen LogP contribution in [0.15, 0.2) is 36.5 Å². The summed E-state index contributed by atoms with van der Waals surface area (Å²) in [6, 6.07) is 10.2. The summed E-state index contributed by atoms with van der Waals surface area (Å²) >= 11 is 0. The number of para-hydroxylation sites is 1. The summed E-state index contributed by atoms with van der Waals surface area (Å²) in [6.07, 6.45) is 5.03. The summed E-state index contributed by atoms with van der Waals surface area (Å²) in [4.78, 5) is 14.3. The molecule has 2 aliphatic rings. The first kappa shape index (κ1) is 18.2. The molecule has 1 saturated heterocycles. The molecule has 1 aliphatic heterocycles. The van der Waals surface area contributed by atoms with Gasteiger partial charge < -0.3 is 5.11 Å². The fourth-order valence-corrected chi connectivity index (χ4v) is 4.97. The van der Waals surface area contributed by atoms with Gasteiger partial charge in [-0.05, 0) is 30.9 Å². The van der Waals surface area contributed by atoms with Crippen LogP contribution in [0.1, 0.15) is 51.3 Å². The van der Waals surface area contributed by atoms with Crippen molar-refractivity contribution in [2.75, 3.05) is 13.1 Å². The van der Waals surface area contributed by atoms with Gasteiger partial charge in [0.15, 0.2) is 0 Å². The summed E-state index contributed by atoms with van der Waals surface area (Å²) in [7, 11) is 0. The van der Waals surface area contributed by atoms with E-state index in [0.717, 1.165) is 43.7 Å². The van der Waals surface area contributed by atoms with Gasteiger partial charge in [0.2, 0.25) is 0 Å². The predicted octanol–water partition coefficient (Wildman–Crippen LogP) is 3.86. The van der Waals surface area contributed by atoms with E-state index in [-0.39, 0.29) is 11.3 Å². The van der Waals surface area contributed by atoms with Crippen molar-refractivity contribution in [3.05, 3.63) is 47.8 Å². The number of carbonyl (C=O) groups is 1. The van der Waals surface area contributed by atoms with Crippen molar-refractivity contribution < 1.29 is 9.90 Å². The van der Waals surface area contributed by atoms with Crippen molar-refractivity contribution in [2.24, 2.45) is 11.3 Å². The maximum Gasteiger partial charge on any atom is 0.311 e. The van der Waals surface area contributed by atoms with Crippen LogP contribution in [0.4, 0.5) is 0 Å². The first-order valence-corrected chi connectivity index (χ1v) is 9.90. The van der Waals surface area contributed by atoms with Crippen molar-refractivity contribution >= 4 is 5.97 Å². The molecule has 2 fully saturated rings. The molecule has 0 spiro atoms. The summed E-state index contributed by atoms with van der Waals surface area (Å²) < 4.78 is 1.96. The van der Waals surface area contributed by atoms with Crippen molar-refractivity contribution in [3.63, 3.8) is 0 Å². The van der Waals surface area contributed by atoms with Gasteiger partial charge in [0, 0.05) is 36.8 Å². The molecule has 2 aromatic rings. The van der Waals surface area contributed by atoms with E-state index < -0.39 is 11.4 Å². The maximum absolute atomic E-state index is 12.0. The summed E-state index contributed by atoms with van der Waals surface area (Å²) in [5.74, 6) is -0.319. The Morgan fingerprint density at radius 3 is 2.67 bits per heavy atom. The average molecular weight is 367 g/mol. The number of nitrogens with zero attached hydrogens (tertiary/aromatic N) is 3. The van der Waals surface area contributed by atoms with Crippen molar-refractivity contribution in [3.8, 4) is 5.69 Å². The van der Waals surface area contributed by atoms with Crippen molar-refractivity contribution in [1.29, 1.82) is 0 Å². The average Bonchev–Trinajstić information content (AvgIpc) is 3.28. The zero-order valence-electron chi connectivity index (χ0n) is 16.5. The zero-order valence-corrected chi connectivity index (χ0v) is 16.5. The van der Waals surface area contributed by atoms with Crippen LogP contribution in [0.3, 0.4) is 0 Å². The molecule has 1 N–H and O–H groups in total. The van der Waals surface area contributed by atoms with Gasteiger partial charge >= 0.3 is 5.97 Å². The molecule has 0 bridgehead atoms. The Kier molecular flexibility index (Phi) is 4.38. The summed E-state index contributed by atoms with van der Waals surface area (Å²) in [6.45, 7) is 8.87. The number of hydrogen-bond donors (Lipinski definition) is 1. The van der Waals surface area contributed by atoms with Crippen molar-refractivity contribution in [2.45, 2.75) is 52.0 Å². The minimum absolute atomic E-state index is 0.0601. The molecule has 0 unspecified atom stereocenters. The van der Waals surface area contributed by atoms with Gasteiger partial charge in [-0.2, -0.15) is 5.10 Å². The highest BCUT2D eigenvalue weighted by atomic mass is 16.4. The molecule has 1 saturated carbocycles. The van der Waals surface area contributed by atoms with Crippen LogP contribution in [0.2, 0.25) is 0 Å². The van der Waals surface area contributed by atoms with Gasteiger partial charge in [-0.25, -0.2) is 4.68 Å². The predicted molar refractivity (Wildman–Crippen MR) is 105 cm³/mol. The second kappa shape index (κ2) is 6.48. The van der Waals surface area contributed by atoms with E-state index in [2.05, 4.69) is 44.0 Å². The Hall–Kier alpha value is -2.14. The highest BCUT2D eigenvalue weighted by Gasteiger charge is 2.54. The smallest absolute Gasteiger partial charge is 0.311 e. The number of aromatic nitrogens is 2. The third-order valence-electron chi connectivity index (χ3n) is 6.28. The maximum atomic E-state index is 12.0. The van der Waals surface area contributed by atoms with Crippen LogP contribution >= 0.6 is 0 Å². The molecular weight excluding hydrogens is 338 g/mol. The number of rotatable bonds is 4. The van der Waals surface area contributed by atoms with Gasteiger partial charge in [-0.1, -0.05) is 45.4 Å². The third kappa shape index (κ3) is 3.18. The van der Waals surface area contributed by atoms with E-state index in [1.165, 1.54) is 5.56 Å². The lowest BCUT2D eigenvalue weighted by Crippen LogP contribution is -2.35. The van der Waals surface area contributed by atoms with Crippen molar-refractivity contribution in [1.82, 2.24) is 14.7 Å². The van der Waals surface area contributed by atoms with Crippen LogP contribution in [0, 0.1) is 11.3 Å². The number of benzene rings is 1. The highest BCUT2D eigenvalue weighted by molar-refractivity contribution is 5.76. The van der Waals surface area contributed by atoms with Crippen LogP contribution < -0.4 is 0 Å². The second-order valence-electron chi connectivity index (χ2n) is 9.25. The molecule has 1 aromatic carbocycles. The second-order valence-corrected chi connectivity index (χ2v) is 9.25. The lowest BCUT2D eigenvalue weighted by Gasteiger charge is -2.24. The van der Waals surface area contributed by atoms with E-state index in [1.807, 2.05) is 22.9 Å².